The Kier molecular flexibility index (Phi) is 4.86. The monoisotopic (exact) mass is 386 g/mol. The van der Waals surface area contributed by atoms with Crippen LogP contribution in [0.15, 0.2) is 96.1 Å². The Labute approximate surface area is 168 Å². The third-order valence-corrected chi connectivity index (χ3v) is 6.04. The molecule has 0 aliphatic carbocycles. The maximum absolute atomic E-state index is 13.3. The van der Waals surface area contributed by atoms with Crippen molar-refractivity contribution in [1.29, 1.82) is 0 Å². The van der Waals surface area contributed by atoms with Gasteiger partial charge in [-0.3, -0.25) is 0 Å². The third-order valence-electron chi connectivity index (χ3n) is 4.84. The molecular formula is C23H20N3OS+. The van der Waals surface area contributed by atoms with Crippen LogP contribution in [0.2, 0.25) is 0 Å². The molecule has 5 heteroatoms. The number of amidine groups is 1. The van der Waals surface area contributed by atoms with Gasteiger partial charge in [0.05, 0.1) is 11.8 Å². The van der Waals surface area contributed by atoms with Gasteiger partial charge in [-0.1, -0.05) is 66.7 Å². The first-order valence-corrected chi connectivity index (χ1v) is 9.79. The number of hydrazone groups is 1. The molecule has 3 aromatic rings. The van der Waals surface area contributed by atoms with E-state index in [4.69, 9.17) is 5.84 Å². The normalized spacial score (nSPS) is 20.5. The summed E-state index contributed by atoms with van der Waals surface area (Å²) < 4.78 is -0.129. The quantitative estimate of drug-likeness (QED) is 0.390. The van der Waals surface area contributed by atoms with Crippen molar-refractivity contribution < 1.29 is 4.79 Å². The summed E-state index contributed by atoms with van der Waals surface area (Å²) in [5.74, 6) is 5.78. The molecule has 0 radical (unpaired) electrons. The van der Waals surface area contributed by atoms with Crippen molar-refractivity contribution in [3.05, 3.63) is 102 Å². The van der Waals surface area contributed by atoms with Crippen LogP contribution in [-0.2, 0) is 4.79 Å². The van der Waals surface area contributed by atoms with Crippen molar-refractivity contribution in [2.45, 2.75) is 6.92 Å². The van der Waals surface area contributed by atoms with Crippen LogP contribution in [0.25, 0.3) is 10.6 Å². The van der Waals surface area contributed by atoms with Crippen molar-refractivity contribution in [3.8, 4) is 0 Å². The molecule has 0 fully saturated rings. The lowest BCUT2D eigenvalue weighted by Crippen LogP contribution is -2.52. The SMILES string of the molecule is CC(=O)[N+]1(c2ccccc2)C(=NN)SC(c2ccccc2)=C1c1ccccc1. The van der Waals surface area contributed by atoms with Crippen LogP contribution < -0.4 is 10.3 Å². The molecule has 4 nitrogen and oxygen atoms in total. The Balaban J connectivity index is 2.13. The Hall–Kier alpha value is -3.15. The summed E-state index contributed by atoms with van der Waals surface area (Å²) in [6, 6.07) is 29.7. The number of carbonyl (C=O) groups is 1. The number of nitrogens with two attached hydrogens (primary N) is 1. The van der Waals surface area contributed by atoms with Gasteiger partial charge in [0, 0.05) is 29.5 Å². The number of carbonyl (C=O) groups excluding carboxylic acids is 1. The number of quaternary nitrogens is 1. The van der Waals surface area contributed by atoms with Crippen molar-refractivity contribution in [3.63, 3.8) is 0 Å². The van der Waals surface area contributed by atoms with Gasteiger partial charge in [-0.15, -0.1) is 9.58 Å². The minimum Gasteiger partial charge on any atom is -0.317 e. The lowest BCUT2D eigenvalue weighted by atomic mass is 10.0. The fourth-order valence-electron chi connectivity index (χ4n) is 3.64. The summed E-state index contributed by atoms with van der Waals surface area (Å²) in [7, 11) is 0. The van der Waals surface area contributed by atoms with Crippen LogP contribution in [0.3, 0.4) is 0 Å². The molecule has 0 saturated carbocycles. The highest BCUT2D eigenvalue weighted by molar-refractivity contribution is 8.22. The molecular weight excluding hydrogens is 366 g/mol. The first-order valence-electron chi connectivity index (χ1n) is 8.97. The molecule has 1 unspecified atom stereocenters. The Bertz CT molecular complexity index is 1060. The second kappa shape index (κ2) is 7.46. The highest BCUT2D eigenvalue weighted by Crippen LogP contribution is 2.52. The molecule has 0 saturated heterocycles. The highest BCUT2D eigenvalue weighted by Gasteiger charge is 2.55. The average Bonchev–Trinajstić information content (AvgIpc) is 3.12. The summed E-state index contributed by atoms with van der Waals surface area (Å²) in [6.07, 6.45) is 0. The van der Waals surface area contributed by atoms with Crippen LogP contribution in [-0.4, -0.2) is 11.1 Å². The second-order valence-corrected chi connectivity index (χ2v) is 7.43. The summed E-state index contributed by atoms with van der Waals surface area (Å²) in [6.45, 7) is 1.59. The number of para-hydroxylation sites is 1. The molecule has 28 heavy (non-hydrogen) atoms. The summed E-state index contributed by atoms with van der Waals surface area (Å²) >= 11 is 1.45. The molecule has 3 aromatic carbocycles. The van der Waals surface area contributed by atoms with Gasteiger partial charge in [0.2, 0.25) is 0 Å². The third kappa shape index (κ3) is 2.76. The van der Waals surface area contributed by atoms with Gasteiger partial charge in [0.25, 0.3) is 0 Å². The Morgan fingerprint density at radius 1 is 0.821 bits per heavy atom. The van der Waals surface area contributed by atoms with E-state index in [0.717, 1.165) is 27.4 Å². The lowest BCUT2D eigenvalue weighted by molar-refractivity contribution is -0.122. The van der Waals surface area contributed by atoms with E-state index in [-0.39, 0.29) is 10.4 Å². The van der Waals surface area contributed by atoms with Crippen molar-refractivity contribution >= 4 is 39.1 Å². The molecule has 0 bridgehead atoms. The summed E-state index contributed by atoms with van der Waals surface area (Å²) in [5.41, 5.74) is 3.69. The van der Waals surface area contributed by atoms with Gasteiger partial charge < -0.3 is 5.84 Å². The summed E-state index contributed by atoms with van der Waals surface area (Å²) in [4.78, 5) is 14.3. The predicted octanol–water partition coefficient (Wildman–Crippen LogP) is 5.04. The molecule has 1 heterocycles. The minimum absolute atomic E-state index is 0.0623. The van der Waals surface area contributed by atoms with Gasteiger partial charge >= 0.3 is 11.1 Å². The topological polar surface area (TPSA) is 55.5 Å². The van der Waals surface area contributed by atoms with Crippen LogP contribution in [0.4, 0.5) is 5.69 Å². The maximum Gasteiger partial charge on any atom is 0.327 e. The zero-order chi connectivity index (χ0) is 19.6. The molecule has 1 aliphatic rings. The first-order chi connectivity index (χ1) is 13.7. The molecule has 1 amide bonds. The van der Waals surface area contributed by atoms with Gasteiger partial charge in [0.1, 0.15) is 0 Å². The number of rotatable bonds is 3. The fourth-order valence-corrected chi connectivity index (χ4v) is 4.94. The molecule has 0 spiro atoms. The number of nitrogens with zero attached hydrogens (tertiary/aromatic N) is 2. The molecule has 1 atom stereocenters. The van der Waals surface area contributed by atoms with E-state index < -0.39 is 0 Å². The van der Waals surface area contributed by atoms with Gasteiger partial charge in [-0.2, -0.15) is 0 Å². The average molecular weight is 387 g/mol. The summed E-state index contributed by atoms with van der Waals surface area (Å²) in [5, 5.41) is 4.62. The fraction of sp³-hybridized carbons (Fsp3) is 0.0435. The molecule has 1 aliphatic heterocycles. The van der Waals surface area contributed by atoms with Crippen molar-refractivity contribution in [1.82, 2.24) is 4.48 Å². The van der Waals surface area contributed by atoms with E-state index in [1.165, 1.54) is 11.8 Å². The van der Waals surface area contributed by atoms with Crippen molar-refractivity contribution in [2.24, 2.45) is 10.9 Å². The molecule has 4 rings (SSSR count). The van der Waals surface area contributed by atoms with E-state index >= 15 is 0 Å². The van der Waals surface area contributed by atoms with Crippen LogP contribution >= 0.6 is 11.8 Å². The van der Waals surface area contributed by atoms with Crippen LogP contribution in [0.5, 0.6) is 0 Å². The smallest absolute Gasteiger partial charge is 0.317 e. The van der Waals surface area contributed by atoms with Crippen LogP contribution in [0.1, 0.15) is 18.1 Å². The number of hydrogen-bond donors (Lipinski definition) is 1. The second-order valence-electron chi connectivity index (χ2n) is 6.45. The zero-order valence-electron chi connectivity index (χ0n) is 15.4. The molecule has 0 aromatic heterocycles. The highest BCUT2D eigenvalue weighted by atomic mass is 32.2. The van der Waals surface area contributed by atoms with E-state index in [2.05, 4.69) is 5.10 Å². The van der Waals surface area contributed by atoms with Gasteiger partial charge in [-0.25, -0.2) is 4.79 Å². The number of benzene rings is 3. The predicted molar refractivity (Wildman–Crippen MR) is 118 cm³/mol. The van der Waals surface area contributed by atoms with Crippen LogP contribution in [0, 0.1) is 0 Å². The van der Waals surface area contributed by atoms with E-state index in [0.29, 0.717) is 5.17 Å². The van der Waals surface area contributed by atoms with Crippen molar-refractivity contribution in [2.75, 3.05) is 0 Å². The molecule has 138 valence electrons. The first kappa shape index (κ1) is 18.2. The Morgan fingerprint density at radius 2 is 1.32 bits per heavy atom. The maximum atomic E-state index is 13.3. The van der Waals surface area contributed by atoms with E-state index in [1.54, 1.807) is 6.92 Å². The Morgan fingerprint density at radius 3 is 1.82 bits per heavy atom. The number of thioether (sulfide) groups is 1. The lowest BCUT2D eigenvalue weighted by Gasteiger charge is -2.31. The minimum atomic E-state index is -0.129. The van der Waals surface area contributed by atoms with Gasteiger partial charge in [0.15, 0.2) is 11.4 Å². The van der Waals surface area contributed by atoms with E-state index in [1.807, 2.05) is 91.0 Å². The number of hydrogen-bond acceptors (Lipinski definition) is 4. The largest absolute Gasteiger partial charge is 0.327 e. The number of amides is 1. The van der Waals surface area contributed by atoms with E-state index in [9.17, 15) is 4.79 Å². The standard InChI is InChI=1S/C23H20N3OS/c1-17(27)26(20-15-9-4-10-16-20)21(18-11-5-2-6-12-18)22(28-23(26)25-24)19-13-7-3-8-14-19/h2-16H,24H2,1H3/q+1. The zero-order valence-corrected chi connectivity index (χ0v) is 16.3. The van der Waals surface area contributed by atoms with Gasteiger partial charge in [-0.05, 0) is 17.7 Å². The molecule has 2 N–H and O–H groups in total.